The van der Waals surface area contributed by atoms with Crippen molar-refractivity contribution in [3.8, 4) is 0 Å². The Hall–Kier alpha value is -0.450. The molecule has 0 radical (unpaired) electrons. The van der Waals surface area contributed by atoms with Crippen molar-refractivity contribution in [2.75, 3.05) is 12.7 Å². The summed E-state index contributed by atoms with van der Waals surface area (Å²) >= 11 is 0. The van der Waals surface area contributed by atoms with Gasteiger partial charge >= 0.3 is 0 Å². The van der Waals surface area contributed by atoms with Gasteiger partial charge in [-0.2, -0.15) is 0 Å². The fourth-order valence-electron chi connectivity index (χ4n) is 0.204. The number of nitro groups is 1. The van der Waals surface area contributed by atoms with Crippen molar-refractivity contribution in [2.45, 2.75) is 0 Å². The van der Waals surface area contributed by atoms with Crippen LogP contribution >= 0.6 is 7.60 Å². The van der Waals surface area contributed by atoms with Crippen LogP contribution in [0, 0.1) is 10.1 Å². The smallest absolute Gasteiger partial charge is 0.208 e. The molecule has 0 aliphatic rings. The fourth-order valence-corrected chi connectivity index (χ4v) is 0.612. The molecule has 0 amide bonds. The number of hydrogen-bond donors (Lipinski definition) is 0. The van der Waals surface area contributed by atoms with E-state index in [4.69, 9.17) is 0 Å². The lowest BCUT2D eigenvalue weighted by atomic mass is 10.8. The Balaban J connectivity index is 3.53. The first-order valence-corrected chi connectivity index (χ1v) is 3.77. The maximum absolute atomic E-state index is 9.70. The van der Waals surface area contributed by atoms with Crippen LogP contribution in [-0.4, -0.2) is 17.6 Å². The third-order valence-electron chi connectivity index (χ3n) is 0.556. The van der Waals surface area contributed by atoms with Gasteiger partial charge in [-0.1, -0.05) is 7.60 Å². The molecule has 0 unspecified atom stereocenters. The van der Waals surface area contributed by atoms with E-state index in [9.17, 15) is 24.5 Å². The minimum absolute atomic E-state index is 0.801. The number of rotatable bonds is 3. The third kappa shape index (κ3) is 7.55. The molecule has 7 heteroatoms. The van der Waals surface area contributed by atoms with E-state index in [1.807, 2.05) is 0 Å². The van der Waals surface area contributed by atoms with Gasteiger partial charge in [-0.3, -0.25) is 10.1 Å². The Morgan fingerprint density at radius 2 is 1.89 bits per heavy atom. The van der Waals surface area contributed by atoms with Gasteiger partial charge in [0.1, 0.15) is 0 Å². The molecule has 0 saturated heterocycles. The number of hydrogen-bond acceptors (Lipinski definition) is 5. The van der Waals surface area contributed by atoms with Gasteiger partial charge in [0, 0.05) is 11.1 Å². The van der Waals surface area contributed by atoms with Crippen molar-refractivity contribution in [1.29, 1.82) is 0 Å². The molecule has 0 rings (SSSR count). The van der Waals surface area contributed by atoms with E-state index in [1.165, 1.54) is 0 Å². The summed E-state index contributed by atoms with van der Waals surface area (Å²) in [5.41, 5.74) is 0. The molecule has 0 bridgehead atoms. The van der Waals surface area contributed by atoms with Crippen LogP contribution in [0.15, 0.2) is 0 Å². The third-order valence-corrected chi connectivity index (χ3v) is 1.30. The second-order valence-electron chi connectivity index (χ2n) is 1.39. The van der Waals surface area contributed by atoms with Gasteiger partial charge in [-0.15, -0.1) is 0 Å². The summed E-state index contributed by atoms with van der Waals surface area (Å²) in [4.78, 5) is 28.0. The lowest BCUT2D eigenvalue weighted by Crippen LogP contribution is -2.21. The molecule has 0 fully saturated rings. The molecule has 6 nitrogen and oxygen atoms in total. The first kappa shape index (κ1) is 8.55. The first-order chi connectivity index (χ1) is 3.92. The van der Waals surface area contributed by atoms with Crippen LogP contribution in [0.2, 0.25) is 0 Å². The Morgan fingerprint density at radius 3 is 2.00 bits per heavy atom. The summed E-state index contributed by atoms with van der Waals surface area (Å²) in [6.07, 6.45) is -0.903. The van der Waals surface area contributed by atoms with Gasteiger partial charge in [0.25, 0.3) is 0 Å². The zero-order valence-corrected chi connectivity index (χ0v) is 5.24. The van der Waals surface area contributed by atoms with E-state index < -0.39 is 25.2 Å². The van der Waals surface area contributed by atoms with Crippen molar-refractivity contribution in [3.63, 3.8) is 0 Å². The van der Waals surface area contributed by atoms with Crippen LogP contribution in [-0.2, 0) is 4.57 Å². The van der Waals surface area contributed by atoms with Gasteiger partial charge < -0.3 is 14.4 Å². The van der Waals surface area contributed by atoms with E-state index in [2.05, 4.69) is 0 Å². The van der Waals surface area contributed by atoms with Gasteiger partial charge in [0.15, 0.2) is 0 Å². The van der Waals surface area contributed by atoms with E-state index in [1.54, 1.807) is 0 Å². The van der Waals surface area contributed by atoms with Gasteiger partial charge in [-0.25, -0.2) is 0 Å². The summed E-state index contributed by atoms with van der Waals surface area (Å²) in [6.45, 7) is -0.801. The van der Waals surface area contributed by atoms with E-state index in [-0.39, 0.29) is 0 Å². The van der Waals surface area contributed by atoms with Gasteiger partial charge in [0.05, 0.1) is 0 Å². The van der Waals surface area contributed by atoms with E-state index >= 15 is 0 Å². The zero-order chi connectivity index (χ0) is 7.49. The molecule has 0 aromatic rings. The predicted molar refractivity (Wildman–Crippen MR) is 24.3 cm³/mol. The van der Waals surface area contributed by atoms with Crippen molar-refractivity contribution in [2.24, 2.45) is 0 Å². The zero-order valence-electron chi connectivity index (χ0n) is 4.35. The van der Waals surface area contributed by atoms with Crippen LogP contribution < -0.4 is 9.79 Å². The quantitative estimate of drug-likeness (QED) is 0.269. The van der Waals surface area contributed by atoms with Crippen LogP contribution in [0.3, 0.4) is 0 Å². The second kappa shape index (κ2) is 2.91. The van der Waals surface area contributed by atoms with E-state index in [0.29, 0.717) is 0 Å². The first-order valence-electron chi connectivity index (χ1n) is 2.05. The molecule has 0 atom stereocenters. The normalized spacial score (nSPS) is 11.3. The highest BCUT2D eigenvalue weighted by molar-refractivity contribution is 7.48. The molecular formula is C2H4NO5P-2. The molecule has 0 aromatic carbocycles. The van der Waals surface area contributed by atoms with Crippen molar-refractivity contribution >= 4 is 7.60 Å². The van der Waals surface area contributed by atoms with Crippen molar-refractivity contribution < 1.29 is 19.3 Å². The molecule has 0 aliphatic heterocycles. The highest BCUT2D eigenvalue weighted by atomic mass is 31.2. The summed E-state index contributed by atoms with van der Waals surface area (Å²) in [6, 6.07) is 0. The summed E-state index contributed by atoms with van der Waals surface area (Å²) in [7, 11) is -4.66. The maximum atomic E-state index is 9.70. The Morgan fingerprint density at radius 1 is 1.44 bits per heavy atom. The van der Waals surface area contributed by atoms with Crippen LogP contribution in [0.4, 0.5) is 0 Å². The van der Waals surface area contributed by atoms with Crippen molar-refractivity contribution in [1.82, 2.24) is 0 Å². The molecule has 0 saturated carbocycles. The average molecular weight is 153 g/mol. The molecule has 0 spiro atoms. The Kier molecular flexibility index (Phi) is 2.76. The fraction of sp³-hybridized carbons (Fsp3) is 1.00. The second-order valence-corrected chi connectivity index (χ2v) is 3.06. The Labute approximate surface area is 50.8 Å². The van der Waals surface area contributed by atoms with Crippen LogP contribution in [0.1, 0.15) is 0 Å². The lowest BCUT2D eigenvalue weighted by molar-refractivity contribution is -0.476. The average Bonchev–Trinajstić information content (AvgIpc) is 1.59. The SMILES string of the molecule is O=[N+]([O-])CCP(=O)([O-])[O-]. The van der Waals surface area contributed by atoms with Gasteiger partial charge in [-0.05, 0) is 0 Å². The maximum Gasteiger partial charge on any atom is 0.208 e. The predicted octanol–water partition coefficient (Wildman–Crippen LogP) is -1.82. The summed E-state index contributed by atoms with van der Waals surface area (Å²) in [5, 5.41) is 9.45. The monoisotopic (exact) mass is 153 g/mol. The molecule has 54 valence electrons. The minimum atomic E-state index is -4.66. The molecule has 0 aromatic heterocycles. The lowest BCUT2D eigenvalue weighted by Gasteiger charge is -2.26. The Bertz CT molecular complexity index is 149. The van der Waals surface area contributed by atoms with Crippen molar-refractivity contribution in [3.05, 3.63) is 10.1 Å². The van der Waals surface area contributed by atoms with E-state index in [0.717, 1.165) is 0 Å². The summed E-state index contributed by atoms with van der Waals surface area (Å²) < 4.78 is 9.70. The minimum Gasteiger partial charge on any atom is -0.811 e. The topological polar surface area (TPSA) is 106 Å². The highest BCUT2D eigenvalue weighted by Crippen LogP contribution is 2.20. The molecule has 0 heterocycles. The standard InChI is InChI=1S/C2H6NO5P/c4-3(5)1-2-9(6,7)8/h1-2H2,(H2,6,7,8)/p-2. The molecular weight excluding hydrogens is 149 g/mol. The highest BCUT2D eigenvalue weighted by Gasteiger charge is 1.97. The van der Waals surface area contributed by atoms with Crippen LogP contribution in [0.5, 0.6) is 0 Å². The summed E-state index contributed by atoms with van der Waals surface area (Å²) in [5.74, 6) is 0. The van der Waals surface area contributed by atoms with Gasteiger partial charge in [0.2, 0.25) is 6.54 Å². The van der Waals surface area contributed by atoms with Crippen LogP contribution in [0.25, 0.3) is 0 Å². The molecule has 0 N–H and O–H groups in total. The number of nitrogens with zero attached hydrogens (tertiary/aromatic N) is 1. The largest absolute Gasteiger partial charge is 0.811 e. The molecule has 0 aliphatic carbocycles. The molecule has 9 heavy (non-hydrogen) atoms.